The van der Waals surface area contributed by atoms with Crippen molar-refractivity contribution < 1.29 is 0 Å². The van der Waals surface area contributed by atoms with Crippen molar-refractivity contribution in [1.29, 1.82) is 0 Å². The fourth-order valence-electron chi connectivity index (χ4n) is 1.68. The summed E-state index contributed by atoms with van der Waals surface area (Å²) in [6, 6.07) is 2.45. The molecule has 2 rings (SSSR count). The fraction of sp³-hybridized carbons (Fsp3) is 0.500. The summed E-state index contributed by atoms with van der Waals surface area (Å²) in [6.45, 7) is 4.12. The van der Waals surface area contributed by atoms with Crippen molar-refractivity contribution in [2.75, 3.05) is 18.4 Å². The second kappa shape index (κ2) is 4.15. The smallest absolute Gasteiger partial charge is 0.152 e. The lowest BCUT2D eigenvalue weighted by Crippen LogP contribution is -2.22. The standard InChI is InChI=1S/C10H14ClN3/c1-7-2-5-13-10(11)9(7)14-8-3-4-12-6-8/h2,5,8,12,14H,3-4,6H2,1H3. The van der Waals surface area contributed by atoms with Crippen molar-refractivity contribution in [1.82, 2.24) is 10.3 Å². The van der Waals surface area contributed by atoms with Gasteiger partial charge in [0.1, 0.15) is 0 Å². The second-order valence-corrected chi connectivity index (χ2v) is 3.99. The van der Waals surface area contributed by atoms with Crippen LogP contribution in [0.3, 0.4) is 0 Å². The van der Waals surface area contributed by atoms with Gasteiger partial charge in [-0.2, -0.15) is 0 Å². The third-order valence-corrected chi connectivity index (χ3v) is 2.81. The summed E-state index contributed by atoms with van der Waals surface area (Å²) in [6.07, 6.45) is 2.88. The molecule has 1 atom stereocenters. The zero-order chi connectivity index (χ0) is 9.97. The molecule has 2 N–H and O–H groups in total. The van der Waals surface area contributed by atoms with E-state index in [1.807, 2.05) is 13.0 Å². The molecule has 1 unspecified atom stereocenters. The minimum atomic E-state index is 0.482. The molecule has 2 heterocycles. The predicted molar refractivity (Wildman–Crippen MR) is 58.9 cm³/mol. The second-order valence-electron chi connectivity index (χ2n) is 3.63. The molecule has 0 amide bonds. The lowest BCUT2D eigenvalue weighted by molar-refractivity contribution is 0.791. The molecule has 0 bridgehead atoms. The first-order valence-corrected chi connectivity index (χ1v) is 5.23. The number of aromatic nitrogens is 1. The normalized spacial score (nSPS) is 21.1. The Morgan fingerprint density at radius 1 is 1.64 bits per heavy atom. The van der Waals surface area contributed by atoms with Gasteiger partial charge in [0, 0.05) is 18.8 Å². The van der Waals surface area contributed by atoms with Crippen LogP contribution in [-0.4, -0.2) is 24.1 Å². The van der Waals surface area contributed by atoms with Crippen molar-refractivity contribution in [3.63, 3.8) is 0 Å². The van der Waals surface area contributed by atoms with Crippen LogP contribution in [0.5, 0.6) is 0 Å². The minimum Gasteiger partial charge on any atom is -0.378 e. The first kappa shape index (κ1) is 9.74. The quantitative estimate of drug-likeness (QED) is 0.733. The van der Waals surface area contributed by atoms with E-state index in [0.29, 0.717) is 11.2 Å². The van der Waals surface area contributed by atoms with Crippen molar-refractivity contribution in [3.8, 4) is 0 Å². The Labute approximate surface area is 88.9 Å². The van der Waals surface area contributed by atoms with Crippen molar-refractivity contribution in [2.24, 2.45) is 0 Å². The van der Waals surface area contributed by atoms with Crippen LogP contribution in [0.25, 0.3) is 0 Å². The minimum absolute atomic E-state index is 0.482. The number of nitrogens with zero attached hydrogens (tertiary/aromatic N) is 1. The molecule has 76 valence electrons. The number of hydrogen-bond donors (Lipinski definition) is 2. The molecular formula is C10H14ClN3. The molecular weight excluding hydrogens is 198 g/mol. The van der Waals surface area contributed by atoms with Crippen LogP contribution >= 0.6 is 11.6 Å². The molecule has 14 heavy (non-hydrogen) atoms. The third kappa shape index (κ3) is 1.99. The molecule has 3 nitrogen and oxygen atoms in total. The molecule has 1 aliphatic heterocycles. The number of anilines is 1. The number of halogens is 1. The van der Waals surface area contributed by atoms with E-state index in [-0.39, 0.29) is 0 Å². The molecule has 0 radical (unpaired) electrons. The number of hydrogen-bond acceptors (Lipinski definition) is 3. The predicted octanol–water partition coefficient (Wildman–Crippen LogP) is 1.82. The molecule has 1 aromatic rings. The lowest BCUT2D eigenvalue weighted by atomic mass is 10.2. The van der Waals surface area contributed by atoms with E-state index in [9.17, 15) is 0 Å². The number of pyridine rings is 1. The highest BCUT2D eigenvalue weighted by Gasteiger charge is 2.16. The van der Waals surface area contributed by atoms with Gasteiger partial charge in [-0.3, -0.25) is 0 Å². The Balaban J connectivity index is 2.14. The molecule has 0 spiro atoms. The van der Waals surface area contributed by atoms with Crippen LogP contribution in [0.15, 0.2) is 12.3 Å². The van der Waals surface area contributed by atoms with E-state index >= 15 is 0 Å². The maximum atomic E-state index is 6.01. The first-order valence-electron chi connectivity index (χ1n) is 4.86. The van der Waals surface area contributed by atoms with Crippen molar-refractivity contribution >= 4 is 17.3 Å². The van der Waals surface area contributed by atoms with Gasteiger partial charge in [0.2, 0.25) is 0 Å². The van der Waals surface area contributed by atoms with Crippen LogP contribution in [-0.2, 0) is 0 Å². The fourth-order valence-corrected chi connectivity index (χ4v) is 1.94. The Morgan fingerprint density at radius 3 is 3.14 bits per heavy atom. The Hall–Kier alpha value is -0.800. The maximum Gasteiger partial charge on any atom is 0.152 e. The molecule has 0 aromatic carbocycles. The van der Waals surface area contributed by atoms with Crippen LogP contribution in [0, 0.1) is 6.92 Å². The summed E-state index contributed by atoms with van der Waals surface area (Å²) in [4.78, 5) is 4.06. The molecule has 4 heteroatoms. The van der Waals surface area contributed by atoms with Gasteiger partial charge in [0.05, 0.1) is 5.69 Å². The largest absolute Gasteiger partial charge is 0.378 e. The molecule has 1 fully saturated rings. The number of aryl methyl sites for hydroxylation is 1. The Morgan fingerprint density at radius 2 is 2.50 bits per heavy atom. The third-order valence-electron chi connectivity index (χ3n) is 2.52. The first-order chi connectivity index (χ1) is 6.77. The van der Waals surface area contributed by atoms with Crippen LogP contribution in [0.1, 0.15) is 12.0 Å². The van der Waals surface area contributed by atoms with E-state index in [0.717, 1.165) is 30.8 Å². The van der Waals surface area contributed by atoms with E-state index in [1.54, 1.807) is 6.20 Å². The van der Waals surface area contributed by atoms with Gasteiger partial charge >= 0.3 is 0 Å². The van der Waals surface area contributed by atoms with Gasteiger partial charge in [-0.25, -0.2) is 4.98 Å². The number of rotatable bonds is 2. The highest BCUT2D eigenvalue weighted by Crippen LogP contribution is 2.24. The topological polar surface area (TPSA) is 37.0 Å². The van der Waals surface area contributed by atoms with Crippen molar-refractivity contribution in [2.45, 2.75) is 19.4 Å². The van der Waals surface area contributed by atoms with E-state index in [2.05, 4.69) is 15.6 Å². The molecule has 1 saturated heterocycles. The van der Waals surface area contributed by atoms with E-state index in [1.165, 1.54) is 0 Å². The van der Waals surface area contributed by atoms with E-state index < -0.39 is 0 Å². The van der Waals surface area contributed by atoms with Gasteiger partial charge in [0.25, 0.3) is 0 Å². The summed E-state index contributed by atoms with van der Waals surface area (Å²) in [5.74, 6) is 0. The summed E-state index contributed by atoms with van der Waals surface area (Å²) < 4.78 is 0. The lowest BCUT2D eigenvalue weighted by Gasteiger charge is -2.15. The van der Waals surface area contributed by atoms with Gasteiger partial charge in [-0.1, -0.05) is 11.6 Å². The van der Waals surface area contributed by atoms with Gasteiger partial charge in [-0.05, 0) is 31.5 Å². The van der Waals surface area contributed by atoms with Crippen LogP contribution in [0.4, 0.5) is 5.69 Å². The zero-order valence-corrected chi connectivity index (χ0v) is 8.93. The monoisotopic (exact) mass is 211 g/mol. The highest BCUT2D eigenvalue weighted by molar-refractivity contribution is 6.32. The molecule has 1 aliphatic rings. The average molecular weight is 212 g/mol. The molecule has 1 aromatic heterocycles. The summed E-state index contributed by atoms with van der Waals surface area (Å²) in [5.41, 5.74) is 2.12. The SMILES string of the molecule is Cc1ccnc(Cl)c1NC1CCNC1. The van der Waals surface area contributed by atoms with Crippen molar-refractivity contribution in [3.05, 3.63) is 23.0 Å². The number of nitrogens with one attached hydrogen (secondary N) is 2. The molecule has 0 saturated carbocycles. The average Bonchev–Trinajstić information content (AvgIpc) is 2.64. The van der Waals surface area contributed by atoms with Gasteiger partial charge < -0.3 is 10.6 Å². The van der Waals surface area contributed by atoms with Crippen LogP contribution < -0.4 is 10.6 Å². The van der Waals surface area contributed by atoms with Crippen LogP contribution in [0.2, 0.25) is 5.15 Å². The molecule has 0 aliphatic carbocycles. The van der Waals surface area contributed by atoms with Gasteiger partial charge in [-0.15, -0.1) is 0 Å². The Bertz CT molecular complexity index is 301. The summed E-state index contributed by atoms with van der Waals surface area (Å²) in [7, 11) is 0. The van der Waals surface area contributed by atoms with E-state index in [4.69, 9.17) is 11.6 Å². The summed E-state index contributed by atoms with van der Waals surface area (Å²) in [5, 5.41) is 7.29. The zero-order valence-electron chi connectivity index (χ0n) is 8.18. The van der Waals surface area contributed by atoms with Gasteiger partial charge in [0.15, 0.2) is 5.15 Å². The maximum absolute atomic E-state index is 6.01. The highest BCUT2D eigenvalue weighted by atomic mass is 35.5. The summed E-state index contributed by atoms with van der Waals surface area (Å²) >= 11 is 6.01. The Kier molecular flexibility index (Phi) is 2.89.